The molecule has 1 amide bonds. The molecule has 0 saturated heterocycles. The van der Waals surface area contributed by atoms with E-state index < -0.39 is 0 Å². The number of halogens is 1. The average molecular weight is 487 g/mol. The number of nitrogens with zero attached hydrogens (tertiary/aromatic N) is 2. The van der Waals surface area contributed by atoms with E-state index in [0.717, 1.165) is 34.9 Å². The third-order valence-corrected chi connectivity index (χ3v) is 5.68. The van der Waals surface area contributed by atoms with Gasteiger partial charge in [0.1, 0.15) is 5.75 Å². The molecular formula is C22H22IN3O2. The number of ether oxygens (including phenoxy) is 1. The fraction of sp³-hybridized carbons (Fsp3) is 0.273. The van der Waals surface area contributed by atoms with Crippen LogP contribution in [0.5, 0.6) is 5.75 Å². The molecule has 0 saturated carbocycles. The molecule has 0 aliphatic heterocycles. The molecule has 6 heteroatoms. The van der Waals surface area contributed by atoms with Gasteiger partial charge in [0.2, 0.25) is 0 Å². The van der Waals surface area contributed by atoms with Gasteiger partial charge in [0, 0.05) is 14.8 Å². The Morgan fingerprint density at radius 1 is 1.18 bits per heavy atom. The Morgan fingerprint density at radius 3 is 2.75 bits per heavy atom. The molecule has 1 aliphatic carbocycles. The van der Waals surface area contributed by atoms with Gasteiger partial charge in [0.05, 0.1) is 18.8 Å². The fourth-order valence-electron chi connectivity index (χ4n) is 3.58. The van der Waals surface area contributed by atoms with Crippen molar-refractivity contribution in [3.05, 3.63) is 81.2 Å². The van der Waals surface area contributed by atoms with Crippen molar-refractivity contribution >= 4 is 28.5 Å². The lowest BCUT2D eigenvalue weighted by Gasteiger charge is -2.24. The van der Waals surface area contributed by atoms with Crippen LogP contribution in [0.3, 0.4) is 0 Å². The number of fused-ring (bicyclic) bond motifs is 1. The molecule has 3 aromatic rings. The highest BCUT2D eigenvalue weighted by Gasteiger charge is 2.25. The van der Waals surface area contributed by atoms with Crippen LogP contribution in [-0.4, -0.2) is 22.3 Å². The highest BCUT2D eigenvalue weighted by Crippen LogP contribution is 2.30. The molecule has 1 aliphatic rings. The SMILES string of the molecule is O=C(COc1ccc(I)cc1)NC1CCCc2c1cnn2Cc1ccccc1. The van der Waals surface area contributed by atoms with Crippen LogP contribution in [0, 0.1) is 3.57 Å². The number of benzene rings is 2. The second-order valence-corrected chi connectivity index (χ2v) is 8.19. The summed E-state index contributed by atoms with van der Waals surface area (Å²) in [5.74, 6) is 0.600. The van der Waals surface area contributed by atoms with Gasteiger partial charge in [-0.3, -0.25) is 9.48 Å². The van der Waals surface area contributed by atoms with E-state index in [-0.39, 0.29) is 18.6 Å². The minimum absolute atomic E-state index is 0.00101. The summed E-state index contributed by atoms with van der Waals surface area (Å²) in [4.78, 5) is 12.4. The minimum atomic E-state index is -0.104. The van der Waals surface area contributed by atoms with Gasteiger partial charge in [0.15, 0.2) is 6.61 Å². The van der Waals surface area contributed by atoms with E-state index in [0.29, 0.717) is 5.75 Å². The van der Waals surface area contributed by atoms with E-state index in [1.807, 2.05) is 48.7 Å². The molecule has 1 unspecified atom stereocenters. The Kier molecular flexibility index (Phi) is 5.95. The van der Waals surface area contributed by atoms with E-state index in [1.54, 1.807) is 0 Å². The standard InChI is InChI=1S/C22H22IN3O2/c23-17-9-11-18(12-10-17)28-15-22(27)25-20-7-4-8-21-19(20)13-24-26(21)14-16-5-2-1-3-6-16/h1-3,5-6,9-13,20H,4,7-8,14-15H2,(H,25,27). The van der Waals surface area contributed by atoms with Crippen LogP contribution in [0.1, 0.15) is 35.7 Å². The Bertz CT molecular complexity index is 938. The number of rotatable bonds is 6. The Hall–Kier alpha value is -2.35. The summed E-state index contributed by atoms with van der Waals surface area (Å²) in [6, 6.07) is 18.0. The number of hydrogen-bond donors (Lipinski definition) is 1. The van der Waals surface area contributed by atoms with Gasteiger partial charge in [0.25, 0.3) is 5.91 Å². The number of hydrogen-bond acceptors (Lipinski definition) is 3. The van der Waals surface area contributed by atoms with E-state index >= 15 is 0 Å². The molecule has 5 nitrogen and oxygen atoms in total. The van der Waals surface area contributed by atoms with Gasteiger partial charge in [-0.15, -0.1) is 0 Å². The molecule has 2 aromatic carbocycles. The zero-order valence-corrected chi connectivity index (χ0v) is 17.6. The summed E-state index contributed by atoms with van der Waals surface area (Å²) in [6.07, 6.45) is 4.87. The molecule has 0 radical (unpaired) electrons. The van der Waals surface area contributed by atoms with Crippen molar-refractivity contribution in [3.63, 3.8) is 0 Å². The van der Waals surface area contributed by atoms with Crippen LogP contribution < -0.4 is 10.1 Å². The summed E-state index contributed by atoms with van der Waals surface area (Å²) in [5, 5.41) is 7.70. The van der Waals surface area contributed by atoms with E-state index in [2.05, 4.69) is 49.8 Å². The molecule has 1 aromatic heterocycles. The van der Waals surface area contributed by atoms with Crippen LogP contribution in [0.25, 0.3) is 0 Å². The molecular weight excluding hydrogens is 465 g/mol. The number of aromatic nitrogens is 2. The zero-order valence-electron chi connectivity index (χ0n) is 15.5. The van der Waals surface area contributed by atoms with E-state index in [4.69, 9.17) is 4.74 Å². The summed E-state index contributed by atoms with van der Waals surface area (Å²) < 4.78 is 8.80. The quantitative estimate of drug-likeness (QED) is 0.533. The smallest absolute Gasteiger partial charge is 0.258 e. The lowest BCUT2D eigenvalue weighted by atomic mass is 9.93. The molecule has 0 spiro atoms. The lowest BCUT2D eigenvalue weighted by Crippen LogP contribution is -2.34. The molecule has 28 heavy (non-hydrogen) atoms. The van der Waals surface area contributed by atoms with E-state index in [9.17, 15) is 4.79 Å². The van der Waals surface area contributed by atoms with Crippen molar-refractivity contribution in [3.8, 4) is 5.75 Å². The average Bonchev–Trinajstić information content (AvgIpc) is 3.12. The maximum Gasteiger partial charge on any atom is 0.258 e. The molecule has 144 valence electrons. The normalized spacial score (nSPS) is 15.7. The van der Waals surface area contributed by atoms with Crippen molar-refractivity contribution in [2.24, 2.45) is 0 Å². The second kappa shape index (κ2) is 8.77. The summed E-state index contributed by atoms with van der Waals surface area (Å²) in [6.45, 7) is 0.775. The maximum atomic E-state index is 12.4. The van der Waals surface area contributed by atoms with Gasteiger partial charge < -0.3 is 10.1 Å². The first-order chi connectivity index (χ1) is 13.7. The first-order valence-corrected chi connectivity index (χ1v) is 10.5. The first kappa shape index (κ1) is 19.0. The van der Waals surface area contributed by atoms with Crippen LogP contribution in [0.4, 0.5) is 0 Å². The number of amides is 1. The lowest BCUT2D eigenvalue weighted by molar-refractivity contribution is -0.123. The van der Waals surface area contributed by atoms with Gasteiger partial charge in [-0.25, -0.2) is 0 Å². The predicted octanol–water partition coefficient (Wildman–Crippen LogP) is 4.11. The summed E-state index contributed by atoms with van der Waals surface area (Å²) >= 11 is 2.24. The van der Waals surface area contributed by atoms with Gasteiger partial charge >= 0.3 is 0 Å². The highest BCUT2D eigenvalue weighted by molar-refractivity contribution is 14.1. The monoisotopic (exact) mass is 487 g/mol. The van der Waals surface area contributed by atoms with E-state index in [1.165, 1.54) is 11.3 Å². The topological polar surface area (TPSA) is 56.1 Å². The molecule has 0 fully saturated rings. The summed E-state index contributed by atoms with van der Waals surface area (Å²) in [5.41, 5.74) is 3.58. The van der Waals surface area contributed by atoms with Crippen LogP contribution in [0.15, 0.2) is 60.8 Å². The number of carbonyl (C=O) groups excluding carboxylic acids is 1. The third-order valence-electron chi connectivity index (χ3n) is 4.96. The van der Waals surface area contributed by atoms with Crippen molar-refractivity contribution in [2.75, 3.05) is 6.61 Å². The van der Waals surface area contributed by atoms with Crippen molar-refractivity contribution < 1.29 is 9.53 Å². The van der Waals surface area contributed by atoms with Crippen LogP contribution in [0.2, 0.25) is 0 Å². The molecule has 4 rings (SSSR count). The molecule has 1 N–H and O–H groups in total. The Labute approximate surface area is 178 Å². The maximum absolute atomic E-state index is 12.4. The molecule has 1 heterocycles. The van der Waals surface area contributed by atoms with Gasteiger partial charge in [-0.1, -0.05) is 30.3 Å². The highest BCUT2D eigenvalue weighted by atomic mass is 127. The zero-order chi connectivity index (χ0) is 19.3. The van der Waals surface area contributed by atoms with Gasteiger partial charge in [-0.2, -0.15) is 5.10 Å². The number of nitrogens with one attached hydrogen (secondary N) is 1. The van der Waals surface area contributed by atoms with Crippen LogP contribution in [-0.2, 0) is 17.8 Å². The third kappa shape index (κ3) is 4.55. The van der Waals surface area contributed by atoms with Crippen LogP contribution >= 0.6 is 22.6 Å². The largest absolute Gasteiger partial charge is 0.484 e. The minimum Gasteiger partial charge on any atom is -0.484 e. The Morgan fingerprint density at radius 2 is 1.96 bits per heavy atom. The fourth-order valence-corrected chi connectivity index (χ4v) is 3.94. The first-order valence-electron chi connectivity index (χ1n) is 9.45. The Balaban J connectivity index is 1.39. The number of carbonyl (C=O) groups is 1. The van der Waals surface area contributed by atoms with Gasteiger partial charge in [-0.05, 0) is 71.7 Å². The summed E-state index contributed by atoms with van der Waals surface area (Å²) in [7, 11) is 0. The molecule has 0 bridgehead atoms. The van der Waals surface area contributed by atoms with Crippen molar-refractivity contribution in [1.29, 1.82) is 0 Å². The second-order valence-electron chi connectivity index (χ2n) is 6.94. The van der Waals surface area contributed by atoms with Crippen molar-refractivity contribution in [1.82, 2.24) is 15.1 Å². The molecule has 1 atom stereocenters. The predicted molar refractivity (Wildman–Crippen MR) is 116 cm³/mol. The van der Waals surface area contributed by atoms with Crippen molar-refractivity contribution in [2.45, 2.75) is 31.8 Å².